The van der Waals surface area contributed by atoms with Crippen LogP contribution in [0, 0.1) is 0 Å². The van der Waals surface area contributed by atoms with E-state index in [9.17, 15) is 4.79 Å². The summed E-state index contributed by atoms with van der Waals surface area (Å²) < 4.78 is 15.0. The van der Waals surface area contributed by atoms with E-state index in [0.717, 1.165) is 33.8 Å². The molecule has 0 saturated heterocycles. The number of pyridine rings is 1. The van der Waals surface area contributed by atoms with Gasteiger partial charge >= 0.3 is 5.97 Å². The topological polar surface area (TPSA) is 97.2 Å². The Morgan fingerprint density at radius 2 is 1.97 bits per heavy atom. The average Bonchev–Trinajstić information content (AvgIpc) is 3.30. The zero-order valence-electron chi connectivity index (χ0n) is 19.6. The average molecular weight is 448 g/mol. The van der Waals surface area contributed by atoms with E-state index in [0.29, 0.717) is 23.4 Å². The number of esters is 1. The summed E-state index contributed by atoms with van der Waals surface area (Å²) in [5.41, 5.74) is 10.4. The molecule has 0 amide bonds. The third-order valence-corrected chi connectivity index (χ3v) is 5.51. The standard InChI is InChI=1S/C25H29N5O3/c1-7-10-30-20(12-16-8-9-18(15(4)26)27-23(16)30)24-28-19-11-17(25(31)33-14(2)3)13-21(32-6)22(19)29(24)5/h7-9,11-15H,1,10,26H2,2-6H3/t15-/m1/s1. The molecule has 1 aromatic carbocycles. The second-order valence-electron chi connectivity index (χ2n) is 8.36. The predicted molar refractivity (Wildman–Crippen MR) is 129 cm³/mol. The zero-order chi connectivity index (χ0) is 23.9. The van der Waals surface area contributed by atoms with Gasteiger partial charge in [-0.1, -0.05) is 6.08 Å². The number of hydrogen-bond donors (Lipinski definition) is 1. The molecular formula is C25H29N5O3. The molecule has 8 heteroatoms. The van der Waals surface area contributed by atoms with E-state index >= 15 is 0 Å². The molecular weight excluding hydrogens is 418 g/mol. The van der Waals surface area contributed by atoms with Crippen LogP contribution in [-0.4, -0.2) is 38.3 Å². The van der Waals surface area contributed by atoms with Crippen molar-refractivity contribution in [3.8, 4) is 17.3 Å². The fraction of sp³-hybridized carbons (Fsp3) is 0.320. The number of benzene rings is 1. The maximum absolute atomic E-state index is 12.5. The van der Waals surface area contributed by atoms with Crippen LogP contribution in [0.5, 0.6) is 5.75 Å². The molecule has 4 rings (SSSR count). The molecule has 0 saturated carbocycles. The summed E-state index contributed by atoms with van der Waals surface area (Å²) in [6, 6.07) is 9.27. The van der Waals surface area contributed by atoms with Crippen LogP contribution in [0.3, 0.4) is 0 Å². The van der Waals surface area contributed by atoms with Crippen molar-refractivity contribution >= 4 is 28.0 Å². The van der Waals surface area contributed by atoms with E-state index in [4.69, 9.17) is 25.2 Å². The Morgan fingerprint density at radius 3 is 2.61 bits per heavy atom. The number of nitrogens with zero attached hydrogens (tertiary/aromatic N) is 4. The smallest absolute Gasteiger partial charge is 0.338 e. The number of hydrogen-bond acceptors (Lipinski definition) is 6. The van der Waals surface area contributed by atoms with Crippen molar-refractivity contribution in [2.75, 3.05) is 7.11 Å². The van der Waals surface area contributed by atoms with Crippen molar-refractivity contribution in [3.63, 3.8) is 0 Å². The van der Waals surface area contributed by atoms with Gasteiger partial charge in [0.25, 0.3) is 0 Å². The lowest BCUT2D eigenvalue weighted by Crippen LogP contribution is -2.11. The second kappa shape index (κ2) is 8.71. The Labute approximate surface area is 192 Å². The minimum Gasteiger partial charge on any atom is -0.494 e. The SMILES string of the molecule is C=CCn1c(-c2nc3cc(C(=O)OC(C)C)cc(OC)c3n2C)cc2ccc([C@@H](C)N)nc21. The highest BCUT2D eigenvalue weighted by molar-refractivity contribution is 5.97. The number of imidazole rings is 1. The van der Waals surface area contributed by atoms with Crippen LogP contribution < -0.4 is 10.5 Å². The van der Waals surface area contributed by atoms with Crippen LogP contribution in [0.25, 0.3) is 33.6 Å². The molecule has 3 heterocycles. The van der Waals surface area contributed by atoms with Crippen LogP contribution in [0.1, 0.15) is 42.9 Å². The third-order valence-electron chi connectivity index (χ3n) is 5.51. The molecule has 0 fully saturated rings. The quantitative estimate of drug-likeness (QED) is 0.334. The molecule has 0 aliphatic heterocycles. The van der Waals surface area contributed by atoms with Crippen LogP contribution >= 0.6 is 0 Å². The number of nitrogens with two attached hydrogens (primary N) is 1. The number of aryl methyl sites for hydroxylation is 1. The van der Waals surface area contributed by atoms with Gasteiger partial charge in [-0.05, 0) is 51.1 Å². The van der Waals surface area contributed by atoms with E-state index in [2.05, 4.69) is 17.2 Å². The summed E-state index contributed by atoms with van der Waals surface area (Å²) in [5, 5.41) is 0.983. The maximum atomic E-state index is 12.5. The van der Waals surface area contributed by atoms with Gasteiger partial charge < -0.3 is 24.3 Å². The normalized spacial score (nSPS) is 12.5. The fourth-order valence-electron chi connectivity index (χ4n) is 3.99. The summed E-state index contributed by atoms with van der Waals surface area (Å²) in [7, 11) is 3.50. The largest absolute Gasteiger partial charge is 0.494 e. The molecule has 0 unspecified atom stereocenters. The number of ether oxygens (including phenoxy) is 2. The van der Waals surface area contributed by atoms with Gasteiger partial charge in [0.2, 0.25) is 0 Å². The van der Waals surface area contributed by atoms with Crippen molar-refractivity contribution in [1.82, 2.24) is 19.1 Å². The third kappa shape index (κ3) is 3.98. The molecule has 0 radical (unpaired) electrons. The molecule has 0 spiro atoms. The van der Waals surface area contributed by atoms with Crippen molar-refractivity contribution in [2.24, 2.45) is 12.8 Å². The van der Waals surface area contributed by atoms with Crippen LogP contribution in [-0.2, 0) is 18.3 Å². The first-order valence-corrected chi connectivity index (χ1v) is 10.9. The van der Waals surface area contributed by atoms with Gasteiger partial charge in [0.05, 0.1) is 35.7 Å². The summed E-state index contributed by atoms with van der Waals surface area (Å²) >= 11 is 0. The highest BCUT2D eigenvalue weighted by Gasteiger charge is 2.22. The fourth-order valence-corrected chi connectivity index (χ4v) is 3.99. The van der Waals surface area contributed by atoms with Gasteiger partial charge in [-0.2, -0.15) is 0 Å². The molecule has 33 heavy (non-hydrogen) atoms. The molecule has 0 bridgehead atoms. The van der Waals surface area contributed by atoms with Gasteiger partial charge in [-0.15, -0.1) is 6.58 Å². The van der Waals surface area contributed by atoms with Crippen LogP contribution in [0.2, 0.25) is 0 Å². The monoisotopic (exact) mass is 447 g/mol. The van der Waals surface area contributed by atoms with E-state index in [1.807, 2.05) is 50.6 Å². The van der Waals surface area contributed by atoms with Crippen LogP contribution in [0.15, 0.2) is 43.0 Å². The molecule has 172 valence electrons. The Morgan fingerprint density at radius 1 is 1.21 bits per heavy atom. The lowest BCUT2D eigenvalue weighted by atomic mass is 10.2. The van der Waals surface area contributed by atoms with Gasteiger partial charge in [0.1, 0.15) is 16.9 Å². The van der Waals surface area contributed by atoms with Gasteiger partial charge in [-0.3, -0.25) is 0 Å². The van der Waals surface area contributed by atoms with E-state index in [-0.39, 0.29) is 12.1 Å². The molecule has 0 aliphatic carbocycles. The first-order valence-electron chi connectivity index (χ1n) is 10.9. The number of rotatable bonds is 7. The van der Waals surface area contributed by atoms with Crippen molar-refractivity contribution in [2.45, 2.75) is 39.5 Å². The second-order valence-corrected chi connectivity index (χ2v) is 8.36. The molecule has 3 aromatic heterocycles. The molecule has 2 N–H and O–H groups in total. The Balaban J connectivity index is 1.94. The van der Waals surface area contributed by atoms with Crippen molar-refractivity contribution in [1.29, 1.82) is 0 Å². The minimum atomic E-state index is -0.411. The first kappa shape index (κ1) is 22.5. The predicted octanol–water partition coefficient (Wildman–Crippen LogP) is 4.37. The first-order chi connectivity index (χ1) is 15.7. The number of methoxy groups -OCH3 is 1. The summed E-state index contributed by atoms with van der Waals surface area (Å²) in [6.07, 6.45) is 1.61. The highest BCUT2D eigenvalue weighted by Crippen LogP contribution is 2.34. The summed E-state index contributed by atoms with van der Waals surface area (Å²) in [4.78, 5) is 22.2. The molecule has 1 atom stereocenters. The highest BCUT2D eigenvalue weighted by atomic mass is 16.5. The number of carbonyl (C=O) groups excluding carboxylic acids is 1. The lowest BCUT2D eigenvalue weighted by Gasteiger charge is -2.11. The molecule has 4 aromatic rings. The van der Waals surface area contributed by atoms with Gasteiger partial charge in [0, 0.05) is 25.0 Å². The van der Waals surface area contributed by atoms with E-state index < -0.39 is 5.97 Å². The lowest BCUT2D eigenvalue weighted by molar-refractivity contribution is 0.0377. The van der Waals surface area contributed by atoms with E-state index in [1.54, 1.807) is 19.2 Å². The van der Waals surface area contributed by atoms with E-state index in [1.165, 1.54) is 0 Å². The Bertz CT molecular complexity index is 1360. The number of fused-ring (bicyclic) bond motifs is 2. The minimum absolute atomic E-state index is 0.172. The van der Waals surface area contributed by atoms with Crippen molar-refractivity contribution < 1.29 is 14.3 Å². The molecule has 8 nitrogen and oxygen atoms in total. The van der Waals surface area contributed by atoms with Crippen LogP contribution in [0.4, 0.5) is 0 Å². The van der Waals surface area contributed by atoms with Crippen molar-refractivity contribution in [3.05, 3.63) is 54.2 Å². The zero-order valence-corrected chi connectivity index (χ0v) is 19.6. The Hall–Kier alpha value is -3.65. The maximum Gasteiger partial charge on any atom is 0.338 e. The summed E-state index contributed by atoms with van der Waals surface area (Å²) in [6.45, 7) is 10.0. The molecule has 0 aliphatic rings. The number of carbonyl (C=O) groups is 1. The summed E-state index contributed by atoms with van der Waals surface area (Å²) in [5.74, 6) is 0.860. The number of aromatic nitrogens is 4. The Kier molecular flexibility index (Phi) is 5.95. The van der Waals surface area contributed by atoms with Gasteiger partial charge in [-0.25, -0.2) is 14.8 Å². The number of allylic oxidation sites excluding steroid dienone is 1. The van der Waals surface area contributed by atoms with Gasteiger partial charge in [0.15, 0.2) is 5.82 Å².